The molecule has 2 aromatic rings. The van der Waals surface area contributed by atoms with Crippen molar-refractivity contribution in [2.24, 2.45) is 0 Å². The standard InChI is InChI=1S/C18H22O2/c1-4-14(2)16-8-10-17(11-9-16)20-13-15-6-5-7-18(12-15)19-3/h5-12,14H,4,13H2,1-3H3. The molecule has 0 aliphatic heterocycles. The van der Waals surface area contributed by atoms with E-state index in [1.807, 2.05) is 36.4 Å². The maximum absolute atomic E-state index is 5.80. The van der Waals surface area contributed by atoms with E-state index in [0.717, 1.165) is 23.5 Å². The van der Waals surface area contributed by atoms with Crippen LogP contribution in [0.1, 0.15) is 37.3 Å². The van der Waals surface area contributed by atoms with Gasteiger partial charge >= 0.3 is 0 Å². The zero-order valence-corrected chi connectivity index (χ0v) is 12.4. The molecule has 0 spiro atoms. The molecule has 0 aromatic heterocycles. The summed E-state index contributed by atoms with van der Waals surface area (Å²) in [5.74, 6) is 2.36. The lowest BCUT2D eigenvalue weighted by molar-refractivity contribution is 0.305. The van der Waals surface area contributed by atoms with Gasteiger partial charge in [0, 0.05) is 0 Å². The van der Waals surface area contributed by atoms with E-state index in [1.165, 1.54) is 5.56 Å². The van der Waals surface area contributed by atoms with Crippen LogP contribution in [-0.2, 0) is 6.61 Å². The molecule has 20 heavy (non-hydrogen) atoms. The van der Waals surface area contributed by atoms with Crippen LogP contribution < -0.4 is 9.47 Å². The minimum absolute atomic E-state index is 0.555. The van der Waals surface area contributed by atoms with Crippen molar-refractivity contribution in [2.45, 2.75) is 32.8 Å². The van der Waals surface area contributed by atoms with Gasteiger partial charge in [-0.2, -0.15) is 0 Å². The normalized spacial score (nSPS) is 11.9. The summed E-state index contributed by atoms with van der Waals surface area (Å²) in [6, 6.07) is 16.3. The number of rotatable bonds is 6. The summed E-state index contributed by atoms with van der Waals surface area (Å²) < 4.78 is 11.0. The van der Waals surface area contributed by atoms with Crippen molar-refractivity contribution in [3.8, 4) is 11.5 Å². The number of hydrogen-bond acceptors (Lipinski definition) is 2. The van der Waals surface area contributed by atoms with Crippen molar-refractivity contribution >= 4 is 0 Å². The summed E-state index contributed by atoms with van der Waals surface area (Å²) in [5.41, 5.74) is 2.47. The van der Waals surface area contributed by atoms with Gasteiger partial charge in [0.25, 0.3) is 0 Å². The highest BCUT2D eigenvalue weighted by atomic mass is 16.5. The van der Waals surface area contributed by atoms with Gasteiger partial charge < -0.3 is 9.47 Å². The monoisotopic (exact) mass is 270 g/mol. The van der Waals surface area contributed by atoms with Crippen LogP contribution in [0.4, 0.5) is 0 Å². The molecule has 2 rings (SSSR count). The Morgan fingerprint density at radius 1 is 1.00 bits per heavy atom. The van der Waals surface area contributed by atoms with Crippen LogP contribution in [0.5, 0.6) is 11.5 Å². The minimum Gasteiger partial charge on any atom is -0.497 e. The van der Waals surface area contributed by atoms with Crippen molar-refractivity contribution in [1.29, 1.82) is 0 Å². The summed E-state index contributed by atoms with van der Waals surface area (Å²) in [7, 11) is 1.67. The lowest BCUT2D eigenvalue weighted by Crippen LogP contribution is -1.97. The summed E-state index contributed by atoms with van der Waals surface area (Å²) in [5, 5.41) is 0. The molecule has 2 nitrogen and oxygen atoms in total. The second kappa shape index (κ2) is 6.99. The third kappa shape index (κ3) is 3.77. The predicted octanol–water partition coefficient (Wildman–Crippen LogP) is 4.79. The van der Waals surface area contributed by atoms with E-state index in [9.17, 15) is 0 Å². The van der Waals surface area contributed by atoms with Crippen LogP contribution in [0.15, 0.2) is 48.5 Å². The third-order valence-corrected chi connectivity index (χ3v) is 3.60. The molecule has 0 saturated carbocycles. The fraction of sp³-hybridized carbons (Fsp3) is 0.333. The van der Waals surface area contributed by atoms with Gasteiger partial charge in [-0.15, -0.1) is 0 Å². The molecule has 2 aromatic carbocycles. The molecule has 0 N–H and O–H groups in total. The van der Waals surface area contributed by atoms with E-state index in [-0.39, 0.29) is 0 Å². The molecule has 0 fully saturated rings. The van der Waals surface area contributed by atoms with Crippen LogP contribution in [0.25, 0.3) is 0 Å². The molecule has 0 radical (unpaired) electrons. The number of methoxy groups -OCH3 is 1. The Labute approximate surface area is 121 Å². The molecule has 0 saturated heterocycles. The van der Waals surface area contributed by atoms with Crippen molar-refractivity contribution in [3.05, 3.63) is 59.7 Å². The van der Waals surface area contributed by atoms with Crippen LogP contribution in [0.2, 0.25) is 0 Å². The van der Waals surface area contributed by atoms with Gasteiger partial charge in [0.2, 0.25) is 0 Å². The Balaban J connectivity index is 1.96. The summed E-state index contributed by atoms with van der Waals surface area (Å²) >= 11 is 0. The largest absolute Gasteiger partial charge is 0.497 e. The average Bonchev–Trinajstić information content (AvgIpc) is 2.53. The SMILES string of the molecule is CCC(C)c1ccc(OCc2cccc(OC)c2)cc1. The highest BCUT2D eigenvalue weighted by Crippen LogP contribution is 2.22. The van der Waals surface area contributed by atoms with E-state index in [1.54, 1.807) is 7.11 Å². The highest BCUT2D eigenvalue weighted by Gasteiger charge is 2.03. The van der Waals surface area contributed by atoms with Gasteiger partial charge in [-0.25, -0.2) is 0 Å². The Bertz CT molecular complexity index is 531. The van der Waals surface area contributed by atoms with Crippen LogP contribution in [0.3, 0.4) is 0 Å². The zero-order chi connectivity index (χ0) is 14.4. The second-order valence-electron chi connectivity index (χ2n) is 5.02. The fourth-order valence-electron chi connectivity index (χ4n) is 2.06. The van der Waals surface area contributed by atoms with Crippen molar-refractivity contribution in [1.82, 2.24) is 0 Å². The first kappa shape index (κ1) is 14.4. The zero-order valence-electron chi connectivity index (χ0n) is 12.4. The van der Waals surface area contributed by atoms with E-state index in [2.05, 4.69) is 26.0 Å². The van der Waals surface area contributed by atoms with Gasteiger partial charge in [0.05, 0.1) is 7.11 Å². The first-order valence-electron chi connectivity index (χ1n) is 7.08. The first-order valence-corrected chi connectivity index (χ1v) is 7.08. The maximum Gasteiger partial charge on any atom is 0.119 e. The van der Waals surface area contributed by atoms with E-state index in [4.69, 9.17) is 9.47 Å². The molecular formula is C18H22O2. The van der Waals surface area contributed by atoms with E-state index >= 15 is 0 Å². The molecule has 0 amide bonds. The Morgan fingerprint density at radius 2 is 1.75 bits per heavy atom. The molecule has 0 bridgehead atoms. The molecule has 1 unspecified atom stereocenters. The van der Waals surface area contributed by atoms with Crippen molar-refractivity contribution < 1.29 is 9.47 Å². The van der Waals surface area contributed by atoms with Crippen LogP contribution in [0, 0.1) is 0 Å². The minimum atomic E-state index is 0.555. The summed E-state index contributed by atoms with van der Waals surface area (Å²) in [4.78, 5) is 0. The summed E-state index contributed by atoms with van der Waals surface area (Å²) in [6.07, 6.45) is 1.16. The second-order valence-corrected chi connectivity index (χ2v) is 5.02. The van der Waals surface area contributed by atoms with E-state index in [0.29, 0.717) is 12.5 Å². The smallest absolute Gasteiger partial charge is 0.119 e. The Kier molecular flexibility index (Phi) is 5.05. The van der Waals surface area contributed by atoms with Gasteiger partial charge in [-0.1, -0.05) is 38.1 Å². The molecule has 0 aliphatic rings. The Morgan fingerprint density at radius 3 is 2.40 bits per heavy atom. The first-order chi connectivity index (χ1) is 9.72. The molecule has 0 heterocycles. The molecule has 1 atom stereocenters. The van der Waals surface area contributed by atoms with Gasteiger partial charge in [0.1, 0.15) is 18.1 Å². The maximum atomic E-state index is 5.80. The third-order valence-electron chi connectivity index (χ3n) is 3.60. The van der Waals surface area contributed by atoms with Gasteiger partial charge in [-0.3, -0.25) is 0 Å². The number of ether oxygens (including phenoxy) is 2. The van der Waals surface area contributed by atoms with E-state index < -0.39 is 0 Å². The quantitative estimate of drug-likeness (QED) is 0.751. The lowest BCUT2D eigenvalue weighted by atomic mass is 9.99. The topological polar surface area (TPSA) is 18.5 Å². The molecule has 2 heteroatoms. The highest BCUT2D eigenvalue weighted by molar-refractivity contribution is 5.31. The van der Waals surface area contributed by atoms with Crippen LogP contribution in [-0.4, -0.2) is 7.11 Å². The molecule has 106 valence electrons. The predicted molar refractivity (Wildman–Crippen MR) is 82.5 cm³/mol. The summed E-state index contributed by atoms with van der Waals surface area (Å²) in [6.45, 7) is 5.00. The molecule has 0 aliphatic carbocycles. The average molecular weight is 270 g/mol. The number of benzene rings is 2. The van der Waals surface area contributed by atoms with Crippen molar-refractivity contribution in [3.63, 3.8) is 0 Å². The van der Waals surface area contributed by atoms with Gasteiger partial charge in [0.15, 0.2) is 0 Å². The van der Waals surface area contributed by atoms with Crippen LogP contribution >= 0.6 is 0 Å². The molecular weight excluding hydrogens is 248 g/mol. The lowest BCUT2D eigenvalue weighted by Gasteiger charge is -2.11. The van der Waals surface area contributed by atoms with Crippen molar-refractivity contribution in [2.75, 3.05) is 7.11 Å². The fourth-order valence-corrected chi connectivity index (χ4v) is 2.06. The van der Waals surface area contributed by atoms with Gasteiger partial charge in [-0.05, 0) is 47.7 Å². The Hall–Kier alpha value is -1.96. The number of hydrogen-bond donors (Lipinski definition) is 0.